The number of nitro groups is 1. The van der Waals surface area contributed by atoms with E-state index in [9.17, 15) is 20.0 Å². The topological polar surface area (TPSA) is 104 Å². The van der Waals surface area contributed by atoms with Crippen molar-refractivity contribution < 1.29 is 19.9 Å². The molecule has 1 atom stereocenters. The summed E-state index contributed by atoms with van der Waals surface area (Å²) in [5, 5.41) is 29.3. The Morgan fingerprint density at radius 1 is 1.50 bits per heavy atom. The molecule has 0 bridgehead atoms. The van der Waals surface area contributed by atoms with Crippen molar-refractivity contribution in [2.45, 2.75) is 12.8 Å². The minimum absolute atomic E-state index is 0.0247. The molecule has 0 amide bonds. The van der Waals surface area contributed by atoms with Crippen LogP contribution in [0.15, 0.2) is 18.2 Å². The molecule has 1 aromatic carbocycles. The molecule has 1 aliphatic heterocycles. The van der Waals surface area contributed by atoms with E-state index in [0.29, 0.717) is 18.8 Å². The van der Waals surface area contributed by atoms with E-state index in [1.807, 2.05) is 0 Å². The molecule has 2 N–H and O–H groups in total. The summed E-state index contributed by atoms with van der Waals surface area (Å²) in [4.78, 5) is 23.4. The normalized spacial score (nSPS) is 18.9. The Hall–Kier alpha value is -2.15. The summed E-state index contributed by atoms with van der Waals surface area (Å²) in [7, 11) is 0. The molecule has 2 rings (SSSR count). The zero-order valence-corrected chi connectivity index (χ0v) is 10.9. The summed E-state index contributed by atoms with van der Waals surface area (Å²) in [5.74, 6) is -1.05. The Morgan fingerprint density at radius 3 is 2.85 bits per heavy atom. The van der Waals surface area contributed by atoms with Gasteiger partial charge in [-0.25, -0.2) is 4.79 Å². The second-order valence-corrected chi connectivity index (χ2v) is 4.90. The lowest BCUT2D eigenvalue weighted by atomic mass is 9.98. The first-order valence-corrected chi connectivity index (χ1v) is 6.40. The van der Waals surface area contributed by atoms with Crippen LogP contribution in [-0.4, -0.2) is 40.8 Å². The van der Waals surface area contributed by atoms with Gasteiger partial charge in [-0.05, 0) is 30.9 Å². The van der Waals surface area contributed by atoms with Gasteiger partial charge in [0.2, 0.25) is 0 Å². The summed E-state index contributed by atoms with van der Waals surface area (Å²) in [6.07, 6.45) is 1.69. The second-order valence-electron chi connectivity index (χ2n) is 4.90. The summed E-state index contributed by atoms with van der Waals surface area (Å²) in [6, 6.07) is 3.79. The summed E-state index contributed by atoms with van der Waals surface area (Å²) >= 11 is 0. The quantitative estimate of drug-likeness (QED) is 0.639. The molecule has 1 unspecified atom stereocenters. The lowest BCUT2D eigenvalue weighted by Gasteiger charge is -2.33. The maximum atomic E-state index is 11.1. The van der Waals surface area contributed by atoms with Gasteiger partial charge in [-0.1, -0.05) is 0 Å². The molecule has 0 saturated carbocycles. The molecule has 1 aliphatic rings. The van der Waals surface area contributed by atoms with Crippen molar-refractivity contribution in [1.82, 2.24) is 0 Å². The van der Waals surface area contributed by atoms with Gasteiger partial charge in [-0.3, -0.25) is 10.1 Å². The number of rotatable bonds is 4. The largest absolute Gasteiger partial charge is 0.478 e. The zero-order valence-electron chi connectivity index (χ0n) is 10.9. The average Bonchev–Trinajstić information content (AvgIpc) is 2.46. The monoisotopic (exact) mass is 280 g/mol. The molecule has 1 aromatic rings. The van der Waals surface area contributed by atoms with E-state index in [1.54, 1.807) is 4.90 Å². The molecule has 0 aliphatic carbocycles. The Morgan fingerprint density at radius 2 is 2.25 bits per heavy atom. The molecule has 1 heterocycles. The number of hydrogen-bond acceptors (Lipinski definition) is 5. The van der Waals surface area contributed by atoms with E-state index in [1.165, 1.54) is 18.2 Å². The van der Waals surface area contributed by atoms with Gasteiger partial charge in [0, 0.05) is 25.8 Å². The number of aliphatic hydroxyl groups is 1. The number of carboxylic acids is 1. The number of aliphatic hydroxyl groups excluding tert-OH is 1. The first-order chi connectivity index (χ1) is 9.52. The van der Waals surface area contributed by atoms with Crippen LogP contribution in [-0.2, 0) is 0 Å². The van der Waals surface area contributed by atoms with Gasteiger partial charge in [0.15, 0.2) is 0 Å². The fourth-order valence-corrected chi connectivity index (χ4v) is 2.50. The number of nitrogens with zero attached hydrogens (tertiary/aromatic N) is 2. The van der Waals surface area contributed by atoms with Crippen molar-refractivity contribution >= 4 is 17.3 Å². The molecule has 0 spiro atoms. The van der Waals surface area contributed by atoms with Crippen LogP contribution in [0.2, 0.25) is 0 Å². The van der Waals surface area contributed by atoms with Gasteiger partial charge in [-0.2, -0.15) is 0 Å². The van der Waals surface area contributed by atoms with Crippen LogP contribution >= 0.6 is 0 Å². The predicted molar refractivity (Wildman–Crippen MR) is 72.1 cm³/mol. The fourth-order valence-electron chi connectivity index (χ4n) is 2.50. The standard InChI is InChI=1S/C13H16N2O5/c16-8-9-2-1-5-14(7-9)12-6-10(13(17)18)3-4-11(12)15(19)20/h3-4,6,9,16H,1-2,5,7-8H2,(H,17,18). The number of benzene rings is 1. The number of carboxylic acid groups (broad SMARTS) is 1. The minimum atomic E-state index is -1.11. The highest BCUT2D eigenvalue weighted by Gasteiger charge is 2.26. The highest BCUT2D eigenvalue weighted by molar-refractivity contribution is 5.90. The van der Waals surface area contributed by atoms with E-state index in [4.69, 9.17) is 5.11 Å². The lowest BCUT2D eigenvalue weighted by Crippen LogP contribution is -2.37. The van der Waals surface area contributed by atoms with Gasteiger partial charge in [0.25, 0.3) is 5.69 Å². The van der Waals surface area contributed by atoms with Crippen LogP contribution in [0.25, 0.3) is 0 Å². The molecular formula is C13H16N2O5. The molecular weight excluding hydrogens is 264 g/mol. The van der Waals surface area contributed by atoms with Crippen LogP contribution in [0.4, 0.5) is 11.4 Å². The van der Waals surface area contributed by atoms with Crippen LogP contribution < -0.4 is 4.90 Å². The van der Waals surface area contributed by atoms with Gasteiger partial charge < -0.3 is 15.1 Å². The van der Waals surface area contributed by atoms with Gasteiger partial charge in [-0.15, -0.1) is 0 Å². The zero-order chi connectivity index (χ0) is 14.7. The van der Waals surface area contributed by atoms with Crippen molar-refractivity contribution in [3.8, 4) is 0 Å². The number of piperidine rings is 1. The van der Waals surface area contributed by atoms with Crippen molar-refractivity contribution in [1.29, 1.82) is 0 Å². The second kappa shape index (κ2) is 5.87. The first-order valence-electron chi connectivity index (χ1n) is 6.40. The molecule has 0 aromatic heterocycles. The number of hydrogen-bond donors (Lipinski definition) is 2. The Labute approximate surface area is 115 Å². The maximum Gasteiger partial charge on any atom is 0.335 e. The predicted octanol–water partition coefficient (Wildman–Crippen LogP) is 1.50. The van der Waals surface area contributed by atoms with E-state index in [2.05, 4.69) is 0 Å². The van der Waals surface area contributed by atoms with Crippen molar-refractivity contribution in [3.05, 3.63) is 33.9 Å². The van der Waals surface area contributed by atoms with Crippen LogP contribution in [0.1, 0.15) is 23.2 Å². The molecule has 7 heteroatoms. The molecule has 1 fully saturated rings. The number of nitro benzene ring substituents is 1. The van der Waals surface area contributed by atoms with Gasteiger partial charge >= 0.3 is 5.97 Å². The summed E-state index contributed by atoms with van der Waals surface area (Å²) in [5.41, 5.74) is 0.235. The van der Waals surface area contributed by atoms with Crippen LogP contribution in [0.3, 0.4) is 0 Å². The third-order valence-electron chi connectivity index (χ3n) is 3.54. The number of aromatic carboxylic acids is 1. The first kappa shape index (κ1) is 14.3. The number of anilines is 1. The van der Waals surface area contributed by atoms with E-state index < -0.39 is 10.9 Å². The minimum Gasteiger partial charge on any atom is -0.478 e. The summed E-state index contributed by atoms with van der Waals surface area (Å²) in [6.45, 7) is 1.16. The summed E-state index contributed by atoms with van der Waals surface area (Å²) < 4.78 is 0. The molecule has 1 saturated heterocycles. The average molecular weight is 280 g/mol. The SMILES string of the molecule is O=C(O)c1ccc([N+](=O)[O-])c(N2CCCC(CO)C2)c1. The Kier molecular flexibility index (Phi) is 4.19. The molecule has 7 nitrogen and oxygen atoms in total. The van der Waals surface area contributed by atoms with Crippen molar-refractivity contribution in [3.63, 3.8) is 0 Å². The van der Waals surface area contributed by atoms with Crippen molar-refractivity contribution in [2.24, 2.45) is 5.92 Å². The molecule has 20 heavy (non-hydrogen) atoms. The van der Waals surface area contributed by atoms with E-state index in [-0.39, 0.29) is 23.8 Å². The third-order valence-corrected chi connectivity index (χ3v) is 3.54. The molecule has 108 valence electrons. The van der Waals surface area contributed by atoms with E-state index in [0.717, 1.165) is 12.8 Å². The van der Waals surface area contributed by atoms with Crippen LogP contribution in [0.5, 0.6) is 0 Å². The Balaban J connectivity index is 2.38. The lowest BCUT2D eigenvalue weighted by molar-refractivity contribution is -0.384. The highest BCUT2D eigenvalue weighted by atomic mass is 16.6. The molecule has 0 radical (unpaired) electrons. The number of carbonyl (C=O) groups is 1. The van der Waals surface area contributed by atoms with Gasteiger partial charge in [0.05, 0.1) is 10.5 Å². The van der Waals surface area contributed by atoms with Crippen LogP contribution in [0, 0.1) is 16.0 Å². The Bertz CT molecular complexity index is 531. The van der Waals surface area contributed by atoms with Crippen molar-refractivity contribution in [2.75, 3.05) is 24.6 Å². The third kappa shape index (κ3) is 2.88. The van der Waals surface area contributed by atoms with Gasteiger partial charge in [0.1, 0.15) is 5.69 Å². The highest BCUT2D eigenvalue weighted by Crippen LogP contribution is 2.32. The smallest absolute Gasteiger partial charge is 0.335 e. The maximum absolute atomic E-state index is 11.1. The van der Waals surface area contributed by atoms with E-state index >= 15 is 0 Å². The fraction of sp³-hybridized carbons (Fsp3) is 0.462.